The predicted octanol–water partition coefficient (Wildman–Crippen LogP) is 9.89. The van der Waals surface area contributed by atoms with Gasteiger partial charge in [-0.2, -0.15) is 0 Å². The highest BCUT2D eigenvalue weighted by atomic mass is 28.4. The molecule has 8 rings (SSSR count). The Balaban J connectivity index is 0.000000250. The lowest BCUT2D eigenvalue weighted by atomic mass is 9.83. The lowest BCUT2D eigenvalue weighted by molar-refractivity contribution is -0.154. The standard InChI is InChI=1S/C32H41N5O5.C28H49NO6Si2.C17H24N2O4/c1-6-12-22-16-23(13-7-2)28-27(22)29(39)36(30(28)40)20-26(38)33-18-24-19-37(35-34-24)25(21-14-10-9-11-15-21)17-32(4,5)31(41)42-8-3;1-8-11-18-36(4,5)35-37(6,7)19-12-15-33-16-17-34-24(30)21-29-27(31)25-22(13-9-2)20-23(14-10-3)26(25)28(29)32;1-3-5-11-9-12(6-4-2)15-14(11)16(22)19(17(15)23)10-13(21)18-7-8-20/h6-7,9-15,19,22-23,25,27-28H,8,16-18,20H2,1-5H3,(H,33,38);9-10,13-14,22-23,25-26H,8,11-12,15-21H2,1-7H3;3-6,11-12,14-15,20H,7-10H2,1-2H3,(H,18,21). The molecule has 3 aliphatic carbocycles. The number of nitrogens with zero attached hydrogens (tertiary/aromatic N) is 6. The summed E-state index contributed by atoms with van der Waals surface area (Å²) in [5.41, 5.74) is 0.691. The molecule has 2 aromatic rings. The number of aliphatic hydroxyl groups is 1. The minimum atomic E-state index is -1.72. The molecular formula is C77H114N8O15Si2. The number of aromatic nitrogens is 3. The van der Waals surface area contributed by atoms with Gasteiger partial charge < -0.3 is 34.1 Å². The van der Waals surface area contributed by atoms with Gasteiger partial charge in [0, 0.05) is 13.2 Å². The Morgan fingerprint density at radius 3 is 1.39 bits per heavy atom. The summed E-state index contributed by atoms with van der Waals surface area (Å²) in [6, 6.07) is 11.7. The molecule has 3 saturated carbocycles. The van der Waals surface area contributed by atoms with Gasteiger partial charge in [0.25, 0.3) is 0 Å². The first-order chi connectivity index (χ1) is 48.6. The van der Waals surface area contributed by atoms with Gasteiger partial charge in [-0.15, -0.1) is 5.10 Å². The number of imide groups is 3. The van der Waals surface area contributed by atoms with E-state index < -0.39 is 63.5 Å². The highest BCUT2D eigenvalue weighted by Crippen LogP contribution is 2.51. The first-order valence-electron chi connectivity index (χ1n) is 36.6. The number of ether oxygens (including phenoxy) is 3. The fourth-order valence-corrected chi connectivity index (χ4v) is 24.8. The van der Waals surface area contributed by atoms with E-state index >= 15 is 0 Å². The number of esters is 2. The van der Waals surface area contributed by atoms with Crippen molar-refractivity contribution in [3.63, 3.8) is 0 Å². The molecule has 0 spiro atoms. The van der Waals surface area contributed by atoms with Gasteiger partial charge in [0.15, 0.2) is 16.6 Å². The van der Waals surface area contributed by atoms with Crippen molar-refractivity contribution in [2.45, 2.75) is 165 Å². The number of hydrogen-bond acceptors (Lipinski definition) is 17. The number of allylic oxidation sites excluding steroid dienone is 12. The maximum Gasteiger partial charge on any atom is 0.326 e. The van der Waals surface area contributed by atoms with Gasteiger partial charge in [0.2, 0.25) is 47.3 Å². The van der Waals surface area contributed by atoms with E-state index in [2.05, 4.69) is 54.1 Å². The van der Waals surface area contributed by atoms with Crippen LogP contribution in [0.15, 0.2) is 109 Å². The smallest absolute Gasteiger partial charge is 0.326 e. The second-order valence-electron chi connectivity index (χ2n) is 29.2. The summed E-state index contributed by atoms with van der Waals surface area (Å²) in [4.78, 5) is 131. The van der Waals surface area contributed by atoms with E-state index in [0.29, 0.717) is 31.9 Å². The molecule has 560 valence electrons. The molecule has 1 aromatic carbocycles. The molecule has 23 nitrogen and oxygen atoms in total. The molecule has 6 fully saturated rings. The van der Waals surface area contributed by atoms with E-state index in [1.54, 1.807) is 17.8 Å². The van der Waals surface area contributed by atoms with Crippen molar-refractivity contribution in [3.05, 3.63) is 121 Å². The van der Waals surface area contributed by atoms with Crippen molar-refractivity contribution >= 4 is 75.8 Å². The fourth-order valence-electron chi connectivity index (χ4n) is 15.8. The number of likely N-dealkylation sites (tertiary alicyclic amines) is 3. The summed E-state index contributed by atoms with van der Waals surface area (Å²) in [7, 11) is -3.32. The van der Waals surface area contributed by atoms with Crippen molar-refractivity contribution in [3.8, 4) is 0 Å². The Kier molecular flexibility index (Phi) is 32.1. The molecule has 0 radical (unpaired) electrons. The lowest BCUT2D eigenvalue weighted by Gasteiger charge is -2.34. The maximum atomic E-state index is 13.3. The Labute approximate surface area is 606 Å². The molecule has 8 amide bonds. The van der Waals surface area contributed by atoms with Crippen LogP contribution in [0.1, 0.15) is 131 Å². The summed E-state index contributed by atoms with van der Waals surface area (Å²) >= 11 is 0. The van der Waals surface area contributed by atoms with Crippen LogP contribution in [0.25, 0.3) is 0 Å². The molecule has 4 heterocycles. The summed E-state index contributed by atoms with van der Waals surface area (Å²) in [5, 5.41) is 22.5. The number of carbonyl (C=O) groups is 10. The average molecular weight is 1450 g/mol. The lowest BCUT2D eigenvalue weighted by Crippen LogP contribution is -2.44. The number of amides is 8. The molecule has 1 aromatic heterocycles. The van der Waals surface area contributed by atoms with Crippen LogP contribution in [0.5, 0.6) is 0 Å². The minimum absolute atomic E-state index is 0.0188. The number of nitrogens with one attached hydrogen (secondary N) is 2. The van der Waals surface area contributed by atoms with E-state index in [1.165, 1.54) is 18.9 Å². The quantitative estimate of drug-likeness (QED) is 0.0193. The predicted molar refractivity (Wildman–Crippen MR) is 393 cm³/mol. The third kappa shape index (κ3) is 21.8. The highest BCUT2D eigenvalue weighted by molar-refractivity contribution is 6.84. The monoisotopic (exact) mass is 1450 g/mol. The molecule has 0 bridgehead atoms. The number of carbonyl (C=O) groups excluding carboxylic acids is 10. The molecule has 3 saturated heterocycles. The summed E-state index contributed by atoms with van der Waals surface area (Å²) in [6.45, 7) is 28.7. The zero-order valence-electron chi connectivity index (χ0n) is 62.7. The van der Waals surface area contributed by atoms with Crippen LogP contribution < -0.4 is 10.6 Å². The van der Waals surface area contributed by atoms with E-state index in [0.717, 1.165) is 52.0 Å². The molecule has 25 heteroatoms. The fraction of sp³-hybridized carbons (Fsp3) is 0.610. The van der Waals surface area contributed by atoms with Gasteiger partial charge in [-0.1, -0.05) is 128 Å². The normalized spacial score (nSPS) is 25.3. The Morgan fingerprint density at radius 1 is 0.578 bits per heavy atom. The number of rotatable bonds is 34. The molecule has 13 unspecified atom stereocenters. The molecule has 3 aliphatic heterocycles. The highest BCUT2D eigenvalue weighted by Gasteiger charge is 2.60. The second-order valence-corrected chi connectivity index (χ2v) is 38.1. The van der Waals surface area contributed by atoms with E-state index in [-0.39, 0.29) is 141 Å². The Hall–Kier alpha value is -7.59. The minimum Gasteiger partial charge on any atom is -0.466 e. The van der Waals surface area contributed by atoms with Crippen molar-refractivity contribution in [1.29, 1.82) is 0 Å². The molecule has 6 aliphatic rings. The number of aliphatic hydroxyl groups excluding tert-OH is 1. The molecular weight excluding hydrogens is 1330 g/mol. The van der Waals surface area contributed by atoms with Crippen molar-refractivity contribution in [2.75, 3.05) is 59.2 Å². The van der Waals surface area contributed by atoms with E-state index in [1.807, 2.05) is 159 Å². The van der Waals surface area contributed by atoms with E-state index in [9.17, 15) is 47.9 Å². The van der Waals surface area contributed by atoms with Gasteiger partial charge in [0.1, 0.15) is 31.9 Å². The zero-order valence-corrected chi connectivity index (χ0v) is 64.7. The van der Waals surface area contributed by atoms with Crippen LogP contribution in [0.2, 0.25) is 38.3 Å². The first kappa shape index (κ1) is 83.4. The van der Waals surface area contributed by atoms with Gasteiger partial charge in [-0.25, -0.2) is 4.68 Å². The van der Waals surface area contributed by atoms with Crippen LogP contribution in [0.4, 0.5) is 0 Å². The summed E-state index contributed by atoms with van der Waals surface area (Å²) in [5.74, 6) is -5.64. The van der Waals surface area contributed by atoms with Gasteiger partial charge >= 0.3 is 11.9 Å². The van der Waals surface area contributed by atoms with Crippen LogP contribution in [-0.4, -0.2) is 170 Å². The molecule has 13 atom stereocenters. The second kappa shape index (κ2) is 39.3. The number of fused-ring (bicyclic) bond motifs is 3. The number of benzene rings is 1. The van der Waals surface area contributed by atoms with Crippen LogP contribution >= 0.6 is 0 Å². The zero-order chi connectivity index (χ0) is 75.1. The molecule has 102 heavy (non-hydrogen) atoms. The first-order valence-corrected chi connectivity index (χ1v) is 42.9. The maximum absolute atomic E-state index is 13.3. The van der Waals surface area contributed by atoms with Crippen LogP contribution in [-0.2, 0) is 72.8 Å². The number of hydrogen-bond donors (Lipinski definition) is 3. The van der Waals surface area contributed by atoms with Gasteiger partial charge in [-0.05, 0) is 174 Å². The third-order valence-electron chi connectivity index (χ3n) is 20.1. The third-order valence-corrected chi connectivity index (χ3v) is 27.7. The van der Waals surface area contributed by atoms with Crippen LogP contribution in [0, 0.1) is 76.4 Å². The van der Waals surface area contributed by atoms with Crippen molar-refractivity contribution in [1.82, 2.24) is 40.3 Å². The van der Waals surface area contributed by atoms with Crippen LogP contribution in [0.3, 0.4) is 0 Å². The van der Waals surface area contributed by atoms with Gasteiger partial charge in [0.05, 0.1) is 79.5 Å². The summed E-state index contributed by atoms with van der Waals surface area (Å²) < 4.78 is 24.5. The van der Waals surface area contributed by atoms with E-state index in [4.69, 9.17) is 23.4 Å². The van der Waals surface area contributed by atoms with Crippen molar-refractivity contribution in [2.24, 2.45) is 76.4 Å². The largest absolute Gasteiger partial charge is 0.466 e. The van der Waals surface area contributed by atoms with Gasteiger partial charge in [-0.3, -0.25) is 62.6 Å². The number of unbranched alkanes of at least 4 members (excludes halogenated alkanes) is 1. The SMILES string of the molecule is CC=CC1CC(C=CC)C2C(=O)N(CC(=O)NCCO)C(=O)C12.CC=CC1CC(C=CC)C2C(=O)N(CC(=O)NCc3cn(C(CC(C)(C)C(=O)OCC)c4ccccc4)nn3)C(=O)C12.CC=CC1CC(C=CC)C2C(=O)N(CC(=O)OCCOCCC[Si](C)(C)O[Si](C)(C)CCCC)C(=O)C12. The summed E-state index contributed by atoms with van der Waals surface area (Å²) in [6.07, 6.45) is 31.3. The average Bonchev–Trinajstić information content (AvgIpc) is 1.61. The van der Waals surface area contributed by atoms with Crippen molar-refractivity contribution < 1.29 is 71.4 Å². The topological polar surface area (TPSA) is 292 Å². The Bertz CT molecular complexity index is 3290. The Morgan fingerprint density at radius 2 is 0.990 bits per heavy atom. The molecule has 3 N–H and O–H groups in total.